The molecule has 0 radical (unpaired) electrons. The van der Waals surface area contributed by atoms with E-state index in [4.69, 9.17) is 5.11 Å². The molecule has 0 unspecified atom stereocenters. The number of rotatable bonds is 4. The zero-order valence-corrected chi connectivity index (χ0v) is 7.59. The Bertz CT molecular complexity index is 413. The zero-order valence-electron chi connectivity index (χ0n) is 7.59. The Labute approximate surface area is 80.6 Å². The maximum atomic E-state index is 8.63. The lowest BCUT2D eigenvalue weighted by molar-refractivity contribution is 0.292. The fraction of sp³-hybridized carbons (Fsp3) is 0.375. The van der Waals surface area contributed by atoms with E-state index in [1.165, 1.54) is 6.33 Å². The van der Waals surface area contributed by atoms with Gasteiger partial charge in [0, 0.05) is 13.2 Å². The van der Waals surface area contributed by atoms with Crippen LogP contribution in [-0.4, -0.2) is 37.8 Å². The summed E-state index contributed by atoms with van der Waals surface area (Å²) in [7, 11) is 0. The van der Waals surface area contributed by atoms with Gasteiger partial charge >= 0.3 is 0 Å². The van der Waals surface area contributed by atoms with Crippen LogP contribution < -0.4 is 5.32 Å². The molecule has 0 saturated carbocycles. The molecule has 0 aromatic carbocycles. The first-order valence-corrected chi connectivity index (χ1v) is 4.40. The molecule has 2 N–H and O–H groups in total. The van der Waals surface area contributed by atoms with Crippen molar-refractivity contribution in [1.82, 2.24) is 19.6 Å². The molecule has 2 rings (SSSR count). The van der Waals surface area contributed by atoms with Gasteiger partial charge < -0.3 is 10.4 Å². The number of nitrogens with one attached hydrogen (secondary N) is 1. The van der Waals surface area contributed by atoms with Gasteiger partial charge in [-0.25, -0.2) is 4.98 Å². The predicted octanol–water partition coefficient (Wildman–Crippen LogP) is -0.0814. The number of aromatic nitrogens is 4. The first kappa shape index (κ1) is 8.89. The maximum Gasteiger partial charge on any atom is 0.175 e. The van der Waals surface area contributed by atoms with Crippen LogP contribution in [0.2, 0.25) is 0 Å². The van der Waals surface area contributed by atoms with Crippen LogP contribution in [-0.2, 0) is 0 Å². The fourth-order valence-electron chi connectivity index (χ4n) is 1.17. The number of nitrogens with zero attached hydrogens (tertiary/aromatic N) is 4. The lowest BCUT2D eigenvalue weighted by atomic mass is 10.4. The van der Waals surface area contributed by atoms with Crippen LogP contribution in [0.25, 0.3) is 5.65 Å². The highest BCUT2D eigenvalue weighted by Gasteiger charge is 2.00. The summed E-state index contributed by atoms with van der Waals surface area (Å²) >= 11 is 0. The second-order valence-electron chi connectivity index (χ2n) is 2.83. The number of anilines is 1. The minimum atomic E-state index is 0.174. The Morgan fingerprint density at radius 1 is 1.43 bits per heavy atom. The lowest BCUT2D eigenvalue weighted by Gasteiger charge is -2.05. The third-order valence-electron chi connectivity index (χ3n) is 1.83. The molecule has 74 valence electrons. The molecule has 0 aliphatic heterocycles. The van der Waals surface area contributed by atoms with Crippen molar-refractivity contribution in [3.8, 4) is 0 Å². The summed E-state index contributed by atoms with van der Waals surface area (Å²) in [6.45, 7) is 0.866. The Balaban J connectivity index is 2.19. The van der Waals surface area contributed by atoms with E-state index in [0.29, 0.717) is 18.6 Å². The van der Waals surface area contributed by atoms with Crippen LogP contribution in [0.3, 0.4) is 0 Å². The van der Waals surface area contributed by atoms with E-state index in [2.05, 4.69) is 20.4 Å². The highest BCUT2D eigenvalue weighted by molar-refractivity contribution is 5.44. The van der Waals surface area contributed by atoms with E-state index in [9.17, 15) is 0 Å². The van der Waals surface area contributed by atoms with E-state index in [-0.39, 0.29) is 6.61 Å². The van der Waals surface area contributed by atoms with Gasteiger partial charge in [-0.2, -0.15) is 9.61 Å². The van der Waals surface area contributed by atoms with Gasteiger partial charge in [-0.05, 0) is 6.42 Å². The minimum Gasteiger partial charge on any atom is -0.396 e. The second-order valence-corrected chi connectivity index (χ2v) is 2.83. The van der Waals surface area contributed by atoms with Crippen molar-refractivity contribution in [2.24, 2.45) is 0 Å². The summed E-state index contributed by atoms with van der Waals surface area (Å²) in [4.78, 5) is 8.02. The van der Waals surface area contributed by atoms with Crippen LogP contribution in [0.5, 0.6) is 0 Å². The Morgan fingerprint density at radius 2 is 2.36 bits per heavy atom. The van der Waals surface area contributed by atoms with Gasteiger partial charge in [0.25, 0.3) is 0 Å². The molecule has 0 aliphatic rings. The van der Waals surface area contributed by atoms with Crippen LogP contribution in [0, 0.1) is 0 Å². The average Bonchev–Trinajstić information content (AvgIpc) is 2.67. The van der Waals surface area contributed by atoms with Gasteiger partial charge in [0.05, 0.1) is 12.4 Å². The SMILES string of the molecule is OCCCNc1cncc2ncnn12. The molecule has 0 atom stereocenters. The van der Waals surface area contributed by atoms with Crippen molar-refractivity contribution in [3.63, 3.8) is 0 Å². The lowest BCUT2D eigenvalue weighted by Crippen LogP contribution is -2.08. The van der Waals surface area contributed by atoms with Crippen molar-refractivity contribution in [1.29, 1.82) is 0 Å². The van der Waals surface area contributed by atoms with E-state index in [1.54, 1.807) is 16.9 Å². The van der Waals surface area contributed by atoms with E-state index >= 15 is 0 Å². The molecule has 2 aromatic rings. The second kappa shape index (κ2) is 4.01. The van der Waals surface area contributed by atoms with Gasteiger partial charge in [-0.1, -0.05) is 0 Å². The van der Waals surface area contributed by atoms with Crippen molar-refractivity contribution in [2.45, 2.75) is 6.42 Å². The Kier molecular flexibility index (Phi) is 2.55. The molecule has 0 aliphatic carbocycles. The van der Waals surface area contributed by atoms with Crippen molar-refractivity contribution in [2.75, 3.05) is 18.5 Å². The first-order valence-electron chi connectivity index (χ1n) is 4.40. The molecule has 2 aromatic heterocycles. The molecule has 0 spiro atoms. The molecule has 6 nitrogen and oxygen atoms in total. The molecular formula is C8H11N5O. The summed E-state index contributed by atoms with van der Waals surface area (Å²) in [5, 5.41) is 15.8. The number of fused-ring (bicyclic) bond motifs is 1. The summed E-state index contributed by atoms with van der Waals surface area (Å²) in [6.07, 6.45) is 5.50. The Morgan fingerprint density at radius 3 is 3.21 bits per heavy atom. The van der Waals surface area contributed by atoms with Gasteiger partial charge in [0.2, 0.25) is 0 Å². The zero-order chi connectivity index (χ0) is 9.80. The molecule has 14 heavy (non-hydrogen) atoms. The minimum absolute atomic E-state index is 0.174. The fourth-order valence-corrected chi connectivity index (χ4v) is 1.17. The number of aliphatic hydroxyl groups is 1. The van der Waals surface area contributed by atoms with E-state index in [0.717, 1.165) is 5.82 Å². The van der Waals surface area contributed by atoms with Gasteiger partial charge in [-0.3, -0.25) is 4.98 Å². The molecule has 0 fully saturated rings. The highest BCUT2D eigenvalue weighted by Crippen LogP contribution is 2.05. The largest absolute Gasteiger partial charge is 0.396 e. The van der Waals surface area contributed by atoms with E-state index < -0.39 is 0 Å². The molecule has 6 heteroatoms. The predicted molar refractivity (Wildman–Crippen MR) is 51.0 cm³/mol. The topological polar surface area (TPSA) is 75.3 Å². The maximum absolute atomic E-state index is 8.63. The summed E-state index contributed by atoms with van der Waals surface area (Å²) in [6, 6.07) is 0. The number of hydrogen-bond donors (Lipinski definition) is 2. The highest BCUT2D eigenvalue weighted by atomic mass is 16.3. The molecule has 0 saturated heterocycles. The van der Waals surface area contributed by atoms with Crippen molar-refractivity contribution >= 4 is 11.5 Å². The van der Waals surface area contributed by atoms with E-state index in [1.807, 2.05) is 0 Å². The normalized spacial score (nSPS) is 10.6. The standard InChI is InChI=1S/C8H11N5O/c14-3-1-2-10-7-4-9-5-8-11-6-12-13(7)8/h4-6,10,14H,1-3H2. The number of hydrogen-bond acceptors (Lipinski definition) is 5. The van der Waals surface area contributed by atoms with Crippen LogP contribution in [0.1, 0.15) is 6.42 Å². The van der Waals surface area contributed by atoms with Gasteiger partial charge in [0.15, 0.2) is 5.65 Å². The van der Waals surface area contributed by atoms with Crippen LogP contribution in [0.4, 0.5) is 5.82 Å². The Hall–Kier alpha value is -1.69. The molecule has 0 bridgehead atoms. The third-order valence-corrected chi connectivity index (χ3v) is 1.83. The molecule has 2 heterocycles. The summed E-state index contributed by atoms with van der Waals surface area (Å²) in [5.41, 5.74) is 0.707. The van der Waals surface area contributed by atoms with Crippen molar-refractivity contribution in [3.05, 3.63) is 18.7 Å². The van der Waals surface area contributed by atoms with Gasteiger partial charge in [0.1, 0.15) is 12.1 Å². The van der Waals surface area contributed by atoms with Crippen LogP contribution in [0.15, 0.2) is 18.7 Å². The summed E-state index contributed by atoms with van der Waals surface area (Å²) in [5.74, 6) is 0.786. The smallest absolute Gasteiger partial charge is 0.175 e. The average molecular weight is 193 g/mol. The van der Waals surface area contributed by atoms with Crippen LogP contribution >= 0.6 is 0 Å². The van der Waals surface area contributed by atoms with Crippen molar-refractivity contribution < 1.29 is 5.11 Å². The monoisotopic (exact) mass is 193 g/mol. The first-order chi connectivity index (χ1) is 6.92. The molecule has 0 amide bonds. The number of aliphatic hydroxyl groups excluding tert-OH is 1. The van der Waals surface area contributed by atoms with Gasteiger partial charge in [-0.15, -0.1) is 0 Å². The third kappa shape index (κ3) is 1.64. The summed E-state index contributed by atoms with van der Waals surface area (Å²) < 4.78 is 1.67. The quantitative estimate of drug-likeness (QED) is 0.664. The molecular weight excluding hydrogens is 182 g/mol.